The van der Waals surface area contributed by atoms with E-state index in [4.69, 9.17) is 9.73 Å². The lowest BCUT2D eigenvalue weighted by Crippen LogP contribution is -2.57. The minimum Gasteiger partial charge on any atom is -0.368 e. The third-order valence-corrected chi connectivity index (χ3v) is 6.69. The molecule has 4 unspecified atom stereocenters. The number of nitrogens with zero attached hydrogens (tertiary/aromatic N) is 1. The van der Waals surface area contributed by atoms with Gasteiger partial charge in [0.15, 0.2) is 5.17 Å². The Balaban J connectivity index is 1.65. The lowest BCUT2D eigenvalue weighted by atomic mass is 9.69. The molecular formula is C21H20F2N2O3S. The number of carbonyl (C=O) groups excluding carboxylic acids is 2. The fourth-order valence-corrected chi connectivity index (χ4v) is 5.29. The number of hydrogen-bond acceptors (Lipinski definition) is 5. The summed E-state index contributed by atoms with van der Waals surface area (Å²) in [5.41, 5.74) is -0.511. The topological polar surface area (TPSA) is 67.8 Å². The molecule has 1 amide bonds. The Hall–Kier alpha value is -2.32. The zero-order valence-electron chi connectivity index (χ0n) is 15.5. The van der Waals surface area contributed by atoms with Crippen molar-refractivity contribution >= 4 is 29.1 Å². The minimum absolute atomic E-state index is 0.0354. The van der Waals surface area contributed by atoms with Crippen molar-refractivity contribution in [2.24, 2.45) is 16.8 Å². The van der Waals surface area contributed by atoms with E-state index in [1.165, 1.54) is 17.8 Å². The Labute approximate surface area is 171 Å². The molecule has 0 radical (unpaired) electrons. The second-order valence-corrected chi connectivity index (χ2v) is 8.37. The van der Waals surface area contributed by atoms with Gasteiger partial charge in [-0.2, -0.15) is 0 Å². The first-order chi connectivity index (χ1) is 14.0. The second kappa shape index (κ2) is 8.20. The van der Waals surface area contributed by atoms with Gasteiger partial charge in [-0.15, -0.1) is 0 Å². The van der Waals surface area contributed by atoms with Gasteiger partial charge in [0.05, 0.1) is 12.1 Å². The van der Waals surface area contributed by atoms with Crippen molar-refractivity contribution in [2.45, 2.75) is 24.5 Å². The van der Waals surface area contributed by atoms with Crippen LogP contribution in [0.2, 0.25) is 0 Å². The molecule has 0 aromatic heterocycles. The normalized spacial score (nSPS) is 31.7. The van der Waals surface area contributed by atoms with Crippen molar-refractivity contribution in [2.75, 3.05) is 12.4 Å². The van der Waals surface area contributed by atoms with E-state index in [1.54, 1.807) is 24.3 Å². The molecule has 8 heteroatoms. The van der Waals surface area contributed by atoms with E-state index in [9.17, 15) is 18.4 Å². The van der Waals surface area contributed by atoms with E-state index < -0.39 is 29.2 Å². The summed E-state index contributed by atoms with van der Waals surface area (Å²) in [5, 5.41) is 3.18. The highest BCUT2D eigenvalue weighted by atomic mass is 32.2. The van der Waals surface area contributed by atoms with Crippen molar-refractivity contribution in [1.29, 1.82) is 0 Å². The zero-order chi connectivity index (χ0) is 20.4. The van der Waals surface area contributed by atoms with Crippen LogP contribution in [0.4, 0.5) is 8.78 Å². The van der Waals surface area contributed by atoms with Crippen LogP contribution in [0.3, 0.4) is 0 Å². The van der Waals surface area contributed by atoms with E-state index in [0.717, 1.165) is 12.4 Å². The van der Waals surface area contributed by atoms with Crippen LogP contribution in [-0.2, 0) is 9.53 Å². The smallest absolute Gasteiger partial charge is 0.257 e. The number of amidine groups is 1. The molecular weight excluding hydrogens is 398 g/mol. The van der Waals surface area contributed by atoms with Crippen molar-refractivity contribution < 1.29 is 23.1 Å². The molecule has 2 aliphatic heterocycles. The summed E-state index contributed by atoms with van der Waals surface area (Å²) >= 11 is 1.36. The van der Waals surface area contributed by atoms with E-state index in [1.807, 2.05) is 6.07 Å². The molecule has 5 nitrogen and oxygen atoms in total. The van der Waals surface area contributed by atoms with Gasteiger partial charge in [-0.1, -0.05) is 30.0 Å². The van der Waals surface area contributed by atoms with Gasteiger partial charge in [0.25, 0.3) is 5.91 Å². The molecule has 1 fully saturated rings. The number of fused-ring (bicyclic) bond motifs is 1. The van der Waals surface area contributed by atoms with E-state index in [0.29, 0.717) is 22.9 Å². The van der Waals surface area contributed by atoms with E-state index in [-0.39, 0.29) is 24.9 Å². The molecule has 1 aromatic rings. The fourth-order valence-electron chi connectivity index (χ4n) is 4.11. The highest BCUT2D eigenvalue weighted by Crippen LogP contribution is 2.48. The molecule has 29 heavy (non-hydrogen) atoms. The predicted octanol–water partition coefficient (Wildman–Crippen LogP) is 3.59. The van der Waals surface area contributed by atoms with Gasteiger partial charge in [-0.25, -0.2) is 8.78 Å². The molecule has 1 N–H and O–H groups in total. The summed E-state index contributed by atoms with van der Waals surface area (Å²) in [5.74, 6) is -1.79. The SMILES string of the molecule is O=CC1CC2CSC(NC(=O)c3ccccc3)=NC2(C2CC=C(F)C=C2F)CO1. The predicted molar refractivity (Wildman–Crippen MR) is 107 cm³/mol. The molecule has 152 valence electrons. The first-order valence-electron chi connectivity index (χ1n) is 9.40. The van der Waals surface area contributed by atoms with Gasteiger partial charge >= 0.3 is 0 Å². The zero-order valence-corrected chi connectivity index (χ0v) is 16.3. The standard InChI is InChI=1S/C21H20F2N2O3S/c22-15-6-7-17(18(23)9-15)21-12-28-16(10-26)8-14(21)11-29-20(25-21)24-19(27)13-4-2-1-3-5-13/h1-6,9-10,14,16-17H,7-8,11-12H2,(H,24,25,27). The number of aldehydes is 1. The van der Waals surface area contributed by atoms with Crippen molar-refractivity contribution in [1.82, 2.24) is 5.32 Å². The molecule has 2 heterocycles. The largest absolute Gasteiger partial charge is 0.368 e. The van der Waals surface area contributed by atoms with Crippen molar-refractivity contribution in [3.63, 3.8) is 0 Å². The van der Waals surface area contributed by atoms with Crippen LogP contribution in [0.15, 0.2) is 59.1 Å². The number of nitrogens with one attached hydrogen (secondary N) is 1. The number of rotatable bonds is 3. The summed E-state index contributed by atoms with van der Waals surface area (Å²) in [6.07, 6.45) is 2.96. The summed E-state index contributed by atoms with van der Waals surface area (Å²) in [4.78, 5) is 28.5. The summed E-state index contributed by atoms with van der Waals surface area (Å²) < 4.78 is 34.0. The maximum Gasteiger partial charge on any atom is 0.257 e. The summed E-state index contributed by atoms with van der Waals surface area (Å²) in [7, 11) is 0. The van der Waals surface area contributed by atoms with Crippen LogP contribution in [0.5, 0.6) is 0 Å². The summed E-state index contributed by atoms with van der Waals surface area (Å²) in [6.45, 7) is 0.0354. The Bertz CT molecular complexity index is 902. The van der Waals surface area contributed by atoms with E-state index in [2.05, 4.69) is 5.32 Å². The van der Waals surface area contributed by atoms with Gasteiger partial charge in [0, 0.05) is 23.3 Å². The second-order valence-electron chi connectivity index (χ2n) is 7.36. The maximum absolute atomic E-state index is 14.8. The van der Waals surface area contributed by atoms with Crippen molar-refractivity contribution in [3.05, 3.63) is 59.7 Å². The molecule has 4 rings (SSSR count). The number of thioether (sulfide) groups is 1. The number of benzene rings is 1. The average molecular weight is 418 g/mol. The van der Waals surface area contributed by atoms with Gasteiger partial charge in [-0.05, 0) is 37.0 Å². The van der Waals surface area contributed by atoms with Gasteiger partial charge in [0.2, 0.25) is 0 Å². The van der Waals surface area contributed by atoms with Crippen LogP contribution in [0.25, 0.3) is 0 Å². The summed E-state index contributed by atoms with van der Waals surface area (Å²) in [6, 6.07) is 8.73. The molecule has 0 spiro atoms. The molecule has 0 saturated carbocycles. The molecule has 4 atom stereocenters. The number of ether oxygens (including phenoxy) is 1. The Morgan fingerprint density at radius 2 is 2.10 bits per heavy atom. The Kier molecular flexibility index (Phi) is 5.65. The van der Waals surface area contributed by atoms with Crippen LogP contribution in [0.1, 0.15) is 23.2 Å². The number of amides is 1. The van der Waals surface area contributed by atoms with Gasteiger partial charge in [-0.3, -0.25) is 9.79 Å². The number of halogens is 2. The fraction of sp³-hybridized carbons (Fsp3) is 0.381. The Morgan fingerprint density at radius 1 is 1.31 bits per heavy atom. The first-order valence-corrected chi connectivity index (χ1v) is 10.4. The molecule has 1 aliphatic carbocycles. The number of hydrogen-bond donors (Lipinski definition) is 1. The highest BCUT2D eigenvalue weighted by molar-refractivity contribution is 8.13. The third kappa shape index (κ3) is 3.91. The molecule has 3 aliphatic rings. The number of carbonyl (C=O) groups is 2. The maximum atomic E-state index is 14.8. The number of aliphatic imine (C=N–C) groups is 1. The van der Waals surface area contributed by atoms with Gasteiger partial charge < -0.3 is 14.8 Å². The van der Waals surface area contributed by atoms with E-state index >= 15 is 0 Å². The lowest BCUT2D eigenvalue weighted by Gasteiger charge is -2.49. The van der Waals surface area contributed by atoms with Crippen molar-refractivity contribution in [3.8, 4) is 0 Å². The molecule has 1 saturated heterocycles. The first kappa shape index (κ1) is 20.0. The molecule has 1 aromatic carbocycles. The van der Waals surface area contributed by atoms with Crippen LogP contribution in [-0.4, -0.2) is 41.4 Å². The number of allylic oxidation sites excluding steroid dienone is 3. The molecule has 0 bridgehead atoms. The minimum atomic E-state index is -0.998. The van der Waals surface area contributed by atoms with Crippen LogP contribution < -0.4 is 5.32 Å². The highest BCUT2D eigenvalue weighted by Gasteiger charge is 2.53. The van der Waals surface area contributed by atoms with Crippen LogP contribution >= 0.6 is 11.8 Å². The average Bonchev–Trinajstić information content (AvgIpc) is 2.73. The quantitative estimate of drug-likeness (QED) is 0.762. The van der Waals surface area contributed by atoms with Crippen LogP contribution in [0, 0.1) is 11.8 Å². The lowest BCUT2D eigenvalue weighted by molar-refractivity contribution is -0.128. The monoisotopic (exact) mass is 418 g/mol. The third-order valence-electron chi connectivity index (χ3n) is 5.65. The Morgan fingerprint density at radius 3 is 2.83 bits per heavy atom. The van der Waals surface area contributed by atoms with Gasteiger partial charge in [0.1, 0.15) is 24.0 Å².